The molecule has 174 valence electrons. The van der Waals surface area contributed by atoms with E-state index in [1.54, 1.807) is 23.1 Å². The van der Waals surface area contributed by atoms with Crippen LogP contribution in [0.1, 0.15) is 44.7 Å². The minimum atomic E-state index is -0.630. The monoisotopic (exact) mass is 462 g/mol. The highest BCUT2D eigenvalue weighted by atomic mass is 16.5. The highest BCUT2D eigenvalue weighted by Gasteiger charge is 2.43. The summed E-state index contributed by atoms with van der Waals surface area (Å²) in [6.45, 7) is 1.14. The summed E-state index contributed by atoms with van der Waals surface area (Å²) in [5.41, 5.74) is 10.0. The quantitative estimate of drug-likeness (QED) is 0.517. The lowest BCUT2D eigenvalue weighted by atomic mass is 10.0. The second-order valence-electron chi connectivity index (χ2n) is 8.83. The number of nitrogens with one attached hydrogen (secondary N) is 1. The molecule has 10 nitrogen and oxygen atoms in total. The highest BCUT2D eigenvalue weighted by Crippen LogP contribution is 2.39. The predicted octanol–water partition coefficient (Wildman–Crippen LogP) is 1.55. The normalized spacial score (nSPS) is 23.3. The van der Waals surface area contributed by atoms with Gasteiger partial charge in [-0.1, -0.05) is 12.1 Å². The van der Waals surface area contributed by atoms with Crippen LogP contribution >= 0.6 is 0 Å². The zero-order chi connectivity index (χ0) is 23.6. The number of hydrogen-bond acceptors (Lipinski definition) is 8. The van der Waals surface area contributed by atoms with E-state index in [1.807, 2.05) is 12.1 Å². The summed E-state index contributed by atoms with van der Waals surface area (Å²) < 4.78 is 10.1. The Hall–Kier alpha value is -4.08. The zero-order valence-electron chi connectivity index (χ0n) is 18.2. The molecule has 0 unspecified atom stereocenters. The average molecular weight is 462 g/mol. The second kappa shape index (κ2) is 7.47. The Labute approximate surface area is 194 Å². The Bertz CT molecular complexity index is 1270. The van der Waals surface area contributed by atoms with Crippen LogP contribution in [0.25, 0.3) is 0 Å². The van der Waals surface area contributed by atoms with Crippen LogP contribution in [-0.2, 0) is 32.2 Å². The SMILES string of the molecule is Nc1ccc(Nc2cccc3c2C(=O)N([C@@H]2CCOC2=O)C3)c2c1C(=O)N([C@H]1CCOC1=O)C2. The van der Waals surface area contributed by atoms with E-state index in [2.05, 4.69) is 5.32 Å². The number of anilines is 3. The zero-order valence-corrected chi connectivity index (χ0v) is 18.2. The van der Waals surface area contributed by atoms with E-state index in [1.165, 1.54) is 4.90 Å². The number of nitrogens with zero attached hydrogens (tertiary/aromatic N) is 2. The average Bonchev–Trinajstić information content (AvgIpc) is 3.58. The first kappa shape index (κ1) is 20.5. The summed E-state index contributed by atoms with van der Waals surface area (Å²) >= 11 is 0. The first-order chi connectivity index (χ1) is 16.4. The molecule has 2 saturated heterocycles. The number of carbonyl (C=O) groups is 4. The van der Waals surface area contributed by atoms with Crippen LogP contribution in [0.4, 0.5) is 17.1 Å². The van der Waals surface area contributed by atoms with Crippen molar-refractivity contribution in [2.45, 2.75) is 38.0 Å². The van der Waals surface area contributed by atoms with Gasteiger partial charge in [-0.25, -0.2) is 9.59 Å². The van der Waals surface area contributed by atoms with Crippen LogP contribution in [0.2, 0.25) is 0 Å². The molecule has 3 N–H and O–H groups in total. The molecule has 0 radical (unpaired) electrons. The Morgan fingerprint density at radius 2 is 1.44 bits per heavy atom. The fraction of sp³-hybridized carbons (Fsp3) is 0.333. The largest absolute Gasteiger partial charge is 0.464 e. The molecule has 4 heterocycles. The topological polar surface area (TPSA) is 131 Å². The molecule has 0 spiro atoms. The standard InChI is InChI=1S/C24H22N4O6/c25-14-4-5-15(13-11-28(22(30)20(13)14)18-7-9-34-24(18)32)26-16-3-1-2-12-10-27(21(29)19(12)16)17-6-8-33-23(17)31/h1-5,17-18,26H,6-11,25H2/t17-,18+/m1/s1. The maximum Gasteiger partial charge on any atom is 0.329 e. The third kappa shape index (κ3) is 2.94. The lowest BCUT2D eigenvalue weighted by Crippen LogP contribution is -2.38. The molecular formula is C24H22N4O6. The van der Waals surface area contributed by atoms with Crippen LogP contribution in [0.3, 0.4) is 0 Å². The number of nitrogens with two attached hydrogens (primary N) is 1. The first-order valence-corrected chi connectivity index (χ1v) is 11.2. The minimum absolute atomic E-state index is 0.213. The van der Waals surface area contributed by atoms with Gasteiger partial charge in [0.2, 0.25) is 0 Å². The number of hydrogen-bond donors (Lipinski definition) is 2. The van der Waals surface area contributed by atoms with Gasteiger partial charge in [0.15, 0.2) is 0 Å². The Kier molecular flexibility index (Phi) is 4.51. The van der Waals surface area contributed by atoms with Gasteiger partial charge in [0.1, 0.15) is 12.1 Å². The van der Waals surface area contributed by atoms with Crippen molar-refractivity contribution >= 4 is 40.8 Å². The number of esters is 2. The summed E-state index contributed by atoms with van der Waals surface area (Å²) in [5.74, 6) is -1.33. The summed E-state index contributed by atoms with van der Waals surface area (Å²) in [4.78, 5) is 53.6. The van der Waals surface area contributed by atoms with E-state index in [9.17, 15) is 19.2 Å². The molecule has 2 atom stereocenters. The fourth-order valence-corrected chi connectivity index (χ4v) is 5.26. The molecular weight excluding hydrogens is 440 g/mol. The van der Waals surface area contributed by atoms with E-state index in [0.29, 0.717) is 59.7 Å². The van der Waals surface area contributed by atoms with E-state index in [-0.39, 0.29) is 30.9 Å². The van der Waals surface area contributed by atoms with Crippen LogP contribution in [0.5, 0.6) is 0 Å². The fourth-order valence-electron chi connectivity index (χ4n) is 5.26. The molecule has 2 aromatic rings. The Balaban J connectivity index is 1.33. The molecule has 34 heavy (non-hydrogen) atoms. The van der Waals surface area contributed by atoms with Crippen LogP contribution in [-0.4, -0.2) is 58.9 Å². The molecule has 0 bridgehead atoms. The van der Waals surface area contributed by atoms with Gasteiger partial charge in [0.05, 0.1) is 30.0 Å². The van der Waals surface area contributed by atoms with Crippen molar-refractivity contribution < 1.29 is 28.7 Å². The minimum Gasteiger partial charge on any atom is -0.464 e. The van der Waals surface area contributed by atoms with Crippen molar-refractivity contribution in [3.63, 3.8) is 0 Å². The van der Waals surface area contributed by atoms with Crippen LogP contribution in [0.15, 0.2) is 30.3 Å². The van der Waals surface area contributed by atoms with Crippen molar-refractivity contribution in [3.05, 3.63) is 52.6 Å². The molecule has 0 aromatic heterocycles. The van der Waals surface area contributed by atoms with E-state index in [4.69, 9.17) is 15.2 Å². The molecule has 10 heteroatoms. The van der Waals surface area contributed by atoms with E-state index < -0.39 is 18.1 Å². The summed E-state index contributed by atoms with van der Waals surface area (Å²) in [6, 6.07) is 7.70. The van der Waals surface area contributed by atoms with Crippen LogP contribution in [0, 0.1) is 0 Å². The molecule has 4 aliphatic rings. The second-order valence-corrected chi connectivity index (χ2v) is 8.83. The number of amides is 2. The smallest absolute Gasteiger partial charge is 0.329 e. The molecule has 2 aromatic carbocycles. The molecule has 0 aliphatic carbocycles. The van der Waals surface area contributed by atoms with Gasteiger partial charge in [-0.05, 0) is 23.8 Å². The van der Waals surface area contributed by atoms with Crippen LogP contribution < -0.4 is 11.1 Å². The predicted molar refractivity (Wildman–Crippen MR) is 119 cm³/mol. The molecule has 4 aliphatic heterocycles. The molecule has 2 fully saturated rings. The van der Waals surface area contributed by atoms with Gasteiger partial charge >= 0.3 is 11.9 Å². The summed E-state index contributed by atoms with van der Waals surface area (Å²) in [6.07, 6.45) is 0.926. The maximum atomic E-state index is 13.3. The van der Waals surface area contributed by atoms with Crippen molar-refractivity contribution in [3.8, 4) is 0 Å². The summed E-state index contributed by atoms with van der Waals surface area (Å²) in [5, 5.41) is 3.31. The number of carbonyl (C=O) groups excluding carboxylic acids is 4. The van der Waals surface area contributed by atoms with Gasteiger partial charge in [-0.3, -0.25) is 9.59 Å². The Morgan fingerprint density at radius 3 is 2.09 bits per heavy atom. The highest BCUT2D eigenvalue weighted by molar-refractivity contribution is 6.08. The van der Waals surface area contributed by atoms with E-state index in [0.717, 1.165) is 5.56 Å². The Morgan fingerprint density at radius 1 is 0.794 bits per heavy atom. The molecule has 2 amide bonds. The first-order valence-electron chi connectivity index (χ1n) is 11.2. The molecule has 6 rings (SSSR count). The van der Waals surface area contributed by atoms with Gasteiger partial charge in [0.25, 0.3) is 11.8 Å². The number of nitrogen functional groups attached to an aromatic ring is 1. The third-order valence-electron chi connectivity index (χ3n) is 6.95. The number of rotatable bonds is 4. The number of fused-ring (bicyclic) bond motifs is 2. The van der Waals surface area contributed by atoms with Gasteiger partial charge < -0.3 is 30.3 Å². The van der Waals surface area contributed by atoms with E-state index >= 15 is 0 Å². The molecule has 0 saturated carbocycles. The maximum absolute atomic E-state index is 13.3. The van der Waals surface area contributed by atoms with Gasteiger partial charge in [-0.15, -0.1) is 0 Å². The number of benzene rings is 2. The number of ether oxygens (including phenoxy) is 2. The van der Waals surface area contributed by atoms with Crippen molar-refractivity contribution in [2.75, 3.05) is 24.3 Å². The lowest BCUT2D eigenvalue weighted by Gasteiger charge is -2.20. The number of cyclic esters (lactones) is 2. The third-order valence-corrected chi connectivity index (χ3v) is 6.95. The van der Waals surface area contributed by atoms with Gasteiger partial charge in [-0.2, -0.15) is 0 Å². The van der Waals surface area contributed by atoms with Crippen molar-refractivity contribution in [1.29, 1.82) is 0 Å². The lowest BCUT2D eigenvalue weighted by molar-refractivity contribution is -0.142. The van der Waals surface area contributed by atoms with Crippen molar-refractivity contribution in [2.24, 2.45) is 0 Å². The summed E-state index contributed by atoms with van der Waals surface area (Å²) in [7, 11) is 0. The van der Waals surface area contributed by atoms with Crippen molar-refractivity contribution in [1.82, 2.24) is 9.80 Å². The van der Waals surface area contributed by atoms with Gasteiger partial charge in [0, 0.05) is 42.9 Å².